The van der Waals surface area contributed by atoms with Gasteiger partial charge in [-0.3, -0.25) is 4.79 Å². The zero-order valence-electron chi connectivity index (χ0n) is 7.39. The lowest BCUT2D eigenvalue weighted by atomic mass is 10.1. The molecule has 0 unspecified atom stereocenters. The van der Waals surface area contributed by atoms with E-state index in [-0.39, 0.29) is 0 Å². The van der Waals surface area contributed by atoms with Gasteiger partial charge in [0.15, 0.2) is 6.29 Å². The predicted molar refractivity (Wildman–Crippen MR) is 59.1 cm³/mol. The number of carbonyl (C=O) groups excluding carboxylic acids is 1. The van der Waals surface area contributed by atoms with Crippen molar-refractivity contribution < 1.29 is 4.79 Å². The first-order chi connectivity index (χ1) is 6.79. The second-order valence-electron chi connectivity index (χ2n) is 2.56. The Hall–Kier alpha value is -0.970. The number of hydrogen-bond donors (Lipinski definition) is 0. The summed E-state index contributed by atoms with van der Waals surface area (Å²) in [5.74, 6) is 6.20. The van der Waals surface area contributed by atoms with Crippen LogP contribution in [0, 0.1) is 11.8 Å². The predicted octanol–water partition coefficient (Wildman–Crippen LogP) is 3.13. The molecule has 0 saturated heterocycles. The Bertz CT molecular complexity index is 388. The molecule has 0 aliphatic carbocycles. The highest BCUT2D eigenvalue weighted by molar-refractivity contribution is 6.33. The highest BCUT2D eigenvalue weighted by Crippen LogP contribution is 2.17. The molecular formula is C11H8Cl2O. The summed E-state index contributed by atoms with van der Waals surface area (Å²) in [4.78, 5) is 10.7. The first-order valence-electron chi connectivity index (χ1n) is 4.08. The summed E-state index contributed by atoms with van der Waals surface area (Å²) in [6.45, 7) is 0. The van der Waals surface area contributed by atoms with E-state index in [1.807, 2.05) is 0 Å². The van der Waals surface area contributed by atoms with Gasteiger partial charge in [-0.25, -0.2) is 0 Å². The minimum atomic E-state index is 0.428. The number of halogens is 2. The van der Waals surface area contributed by atoms with Crippen molar-refractivity contribution in [2.45, 2.75) is 6.42 Å². The van der Waals surface area contributed by atoms with E-state index in [1.165, 1.54) is 0 Å². The van der Waals surface area contributed by atoms with Gasteiger partial charge in [0.2, 0.25) is 0 Å². The maximum absolute atomic E-state index is 10.7. The van der Waals surface area contributed by atoms with Crippen LogP contribution in [0.2, 0.25) is 5.02 Å². The van der Waals surface area contributed by atoms with Crippen molar-refractivity contribution in [3.05, 3.63) is 34.3 Å². The van der Waals surface area contributed by atoms with Gasteiger partial charge in [0.1, 0.15) is 0 Å². The van der Waals surface area contributed by atoms with Gasteiger partial charge in [-0.05, 0) is 12.1 Å². The van der Waals surface area contributed by atoms with E-state index in [2.05, 4.69) is 11.8 Å². The molecule has 1 aromatic carbocycles. The van der Waals surface area contributed by atoms with Gasteiger partial charge in [-0.15, -0.1) is 11.6 Å². The molecule has 0 aliphatic rings. The van der Waals surface area contributed by atoms with E-state index < -0.39 is 0 Å². The molecule has 0 atom stereocenters. The lowest BCUT2D eigenvalue weighted by Crippen LogP contribution is -1.88. The molecule has 0 aliphatic heterocycles. The van der Waals surface area contributed by atoms with E-state index in [4.69, 9.17) is 23.2 Å². The van der Waals surface area contributed by atoms with Gasteiger partial charge in [-0.2, -0.15) is 0 Å². The lowest BCUT2D eigenvalue weighted by Gasteiger charge is -1.97. The molecule has 0 radical (unpaired) electrons. The van der Waals surface area contributed by atoms with Crippen molar-refractivity contribution in [2.24, 2.45) is 0 Å². The van der Waals surface area contributed by atoms with E-state index in [0.717, 1.165) is 0 Å². The van der Waals surface area contributed by atoms with Crippen LogP contribution in [0.5, 0.6) is 0 Å². The van der Waals surface area contributed by atoms with Gasteiger partial charge < -0.3 is 0 Å². The maximum Gasteiger partial charge on any atom is 0.152 e. The van der Waals surface area contributed by atoms with Crippen molar-refractivity contribution in [1.29, 1.82) is 0 Å². The molecule has 0 amide bonds. The lowest BCUT2D eigenvalue weighted by molar-refractivity contribution is 0.112. The molecule has 0 bridgehead atoms. The molecule has 0 N–H and O–H groups in total. The fraction of sp³-hybridized carbons (Fsp3) is 0.182. The zero-order chi connectivity index (χ0) is 10.4. The third-order valence-corrected chi connectivity index (χ3v) is 2.13. The van der Waals surface area contributed by atoms with Crippen LogP contribution in [0.15, 0.2) is 18.2 Å². The van der Waals surface area contributed by atoms with Crippen LogP contribution in [-0.2, 0) is 0 Å². The topological polar surface area (TPSA) is 17.1 Å². The van der Waals surface area contributed by atoms with Gasteiger partial charge in [0, 0.05) is 23.4 Å². The SMILES string of the molecule is O=Cc1c(Cl)cccc1C#CCCCl. The Morgan fingerprint density at radius 1 is 1.43 bits per heavy atom. The molecule has 0 heterocycles. The van der Waals surface area contributed by atoms with Gasteiger partial charge >= 0.3 is 0 Å². The quantitative estimate of drug-likeness (QED) is 0.431. The van der Waals surface area contributed by atoms with Crippen molar-refractivity contribution in [3.8, 4) is 11.8 Å². The molecular weight excluding hydrogens is 219 g/mol. The minimum absolute atomic E-state index is 0.428. The summed E-state index contributed by atoms with van der Waals surface area (Å²) in [5.41, 5.74) is 1.09. The van der Waals surface area contributed by atoms with Crippen LogP contribution in [0.25, 0.3) is 0 Å². The smallest absolute Gasteiger partial charge is 0.152 e. The zero-order valence-corrected chi connectivity index (χ0v) is 8.90. The number of hydrogen-bond acceptors (Lipinski definition) is 1. The summed E-state index contributed by atoms with van der Waals surface area (Å²) < 4.78 is 0. The molecule has 3 heteroatoms. The molecule has 72 valence electrons. The molecule has 1 nitrogen and oxygen atoms in total. The van der Waals surface area contributed by atoms with Crippen LogP contribution >= 0.6 is 23.2 Å². The highest BCUT2D eigenvalue weighted by Gasteiger charge is 2.02. The average molecular weight is 227 g/mol. The van der Waals surface area contributed by atoms with Crippen LogP contribution < -0.4 is 0 Å². The van der Waals surface area contributed by atoms with Gasteiger partial charge in [-0.1, -0.05) is 29.5 Å². The Morgan fingerprint density at radius 3 is 2.86 bits per heavy atom. The monoisotopic (exact) mass is 226 g/mol. The third-order valence-electron chi connectivity index (χ3n) is 1.61. The van der Waals surface area contributed by atoms with Crippen LogP contribution in [0.3, 0.4) is 0 Å². The normalized spacial score (nSPS) is 9.00. The second kappa shape index (κ2) is 5.70. The van der Waals surface area contributed by atoms with Crippen molar-refractivity contribution in [3.63, 3.8) is 0 Å². The summed E-state index contributed by atoms with van der Waals surface area (Å²) >= 11 is 11.3. The Morgan fingerprint density at radius 2 is 2.21 bits per heavy atom. The van der Waals surface area contributed by atoms with E-state index in [1.54, 1.807) is 18.2 Å². The molecule has 1 rings (SSSR count). The first kappa shape index (κ1) is 11.1. The summed E-state index contributed by atoms with van der Waals surface area (Å²) in [6.07, 6.45) is 1.32. The van der Waals surface area contributed by atoms with E-state index in [0.29, 0.717) is 34.7 Å². The summed E-state index contributed by atoms with van der Waals surface area (Å²) in [7, 11) is 0. The Kier molecular flexibility index (Phi) is 4.52. The van der Waals surface area contributed by atoms with Crippen molar-refractivity contribution >= 4 is 29.5 Å². The maximum atomic E-state index is 10.7. The van der Waals surface area contributed by atoms with Crippen LogP contribution in [0.4, 0.5) is 0 Å². The molecule has 0 aromatic heterocycles. The first-order valence-corrected chi connectivity index (χ1v) is 4.99. The fourth-order valence-electron chi connectivity index (χ4n) is 0.971. The third kappa shape index (κ3) is 2.77. The molecule has 0 spiro atoms. The molecule has 14 heavy (non-hydrogen) atoms. The number of carbonyl (C=O) groups is 1. The molecule has 1 aromatic rings. The fourth-order valence-corrected chi connectivity index (χ4v) is 1.28. The van der Waals surface area contributed by atoms with E-state index >= 15 is 0 Å². The summed E-state index contributed by atoms with van der Waals surface area (Å²) in [5, 5.41) is 0.428. The van der Waals surface area contributed by atoms with Crippen LogP contribution in [0.1, 0.15) is 22.3 Å². The molecule has 0 saturated carbocycles. The number of rotatable bonds is 2. The minimum Gasteiger partial charge on any atom is -0.298 e. The average Bonchev–Trinajstić information content (AvgIpc) is 2.18. The number of aldehydes is 1. The van der Waals surface area contributed by atoms with Crippen LogP contribution in [-0.4, -0.2) is 12.2 Å². The second-order valence-corrected chi connectivity index (χ2v) is 3.34. The Labute approximate surface area is 93.0 Å². The van der Waals surface area contributed by atoms with Crippen molar-refractivity contribution in [1.82, 2.24) is 0 Å². The largest absolute Gasteiger partial charge is 0.298 e. The highest BCUT2D eigenvalue weighted by atomic mass is 35.5. The van der Waals surface area contributed by atoms with E-state index in [9.17, 15) is 4.79 Å². The number of alkyl halides is 1. The van der Waals surface area contributed by atoms with Crippen molar-refractivity contribution in [2.75, 3.05) is 5.88 Å². The number of benzene rings is 1. The summed E-state index contributed by atoms with van der Waals surface area (Å²) in [6, 6.07) is 5.19. The Balaban J connectivity index is 3.04. The van der Waals surface area contributed by atoms with Gasteiger partial charge in [0.25, 0.3) is 0 Å². The standard InChI is InChI=1S/C11H8Cl2O/c12-7-2-1-4-9-5-3-6-11(13)10(9)8-14/h3,5-6,8H,2,7H2. The van der Waals surface area contributed by atoms with Gasteiger partial charge in [0.05, 0.1) is 5.02 Å². The molecule has 0 fully saturated rings.